The Morgan fingerprint density at radius 1 is 1.19 bits per heavy atom. The lowest BCUT2D eigenvalue weighted by Crippen LogP contribution is -2.40. The van der Waals surface area contributed by atoms with E-state index in [-0.39, 0.29) is 11.8 Å². The smallest absolute Gasteiger partial charge is 0.309 e. The van der Waals surface area contributed by atoms with Gasteiger partial charge in [0.05, 0.1) is 26.0 Å². The van der Waals surface area contributed by atoms with Gasteiger partial charge in [-0.15, -0.1) is 0 Å². The summed E-state index contributed by atoms with van der Waals surface area (Å²) in [6.45, 7) is 4.98. The van der Waals surface area contributed by atoms with Crippen LogP contribution in [-0.4, -0.2) is 67.2 Å². The largest absolute Gasteiger partial charge is 0.497 e. The fraction of sp³-hybridized carbons (Fsp3) is 0.500. The molecule has 1 aromatic carbocycles. The van der Waals surface area contributed by atoms with E-state index in [9.17, 15) is 4.79 Å². The van der Waals surface area contributed by atoms with Gasteiger partial charge in [0, 0.05) is 45.6 Å². The Morgan fingerprint density at radius 2 is 2.00 bits per heavy atom. The summed E-state index contributed by atoms with van der Waals surface area (Å²) >= 11 is 0. The molecule has 0 bridgehead atoms. The van der Waals surface area contributed by atoms with Gasteiger partial charge in [-0.05, 0) is 17.7 Å². The van der Waals surface area contributed by atoms with Gasteiger partial charge in [-0.1, -0.05) is 12.1 Å². The molecule has 1 aromatic heterocycles. The zero-order valence-electron chi connectivity index (χ0n) is 15.6. The summed E-state index contributed by atoms with van der Waals surface area (Å²) in [5.41, 5.74) is 2.14. The lowest BCUT2D eigenvalue weighted by molar-refractivity contribution is 0.0276. The molecule has 0 radical (unpaired) electrons. The second kappa shape index (κ2) is 8.10. The Hall–Kier alpha value is -2.38. The van der Waals surface area contributed by atoms with E-state index in [0.29, 0.717) is 26.3 Å². The number of fused-ring (bicyclic) bond motifs is 1. The van der Waals surface area contributed by atoms with Crippen LogP contribution >= 0.6 is 0 Å². The van der Waals surface area contributed by atoms with E-state index in [1.165, 1.54) is 5.56 Å². The third kappa shape index (κ3) is 4.14. The molecule has 2 aromatic rings. The molecule has 0 atom stereocenters. The van der Waals surface area contributed by atoms with Crippen LogP contribution in [0.5, 0.6) is 5.75 Å². The highest BCUT2D eigenvalue weighted by molar-refractivity contribution is 5.89. The van der Waals surface area contributed by atoms with Gasteiger partial charge in [0.15, 0.2) is 0 Å². The van der Waals surface area contributed by atoms with Gasteiger partial charge < -0.3 is 18.8 Å². The average Bonchev–Trinajstić information content (AvgIpc) is 3.04. The topological polar surface area (TPSA) is 68.0 Å². The van der Waals surface area contributed by atoms with E-state index in [0.717, 1.165) is 49.7 Å². The molecule has 7 heteroatoms. The Balaban J connectivity index is 1.39. The lowest BCUT2D eigenvalue weighted by atomic mass is 10.2. The Labute approximate surface area is 158 Å². The van der Waals surface area contributed by atoms with Crippen molar-refractivity contribution in [1.82, 2.24) is 14.8 Å². The molecule has 1 amide bonds. The standard InChI is InChI=1S/C20H25N3O4/c1-25-16-4-2-3-15(13-16)14-22-7-5-17-18(6-8-22)27-19(21-17)20(24)23-9-11-26-12-10-23/h2-4,13H,5-12,14H2,1H3. The van der Waals surface area contributed by atoms with Crippen LogP contribution < -0.4 is 4.74 Å². The van der Waals surface area contributed by atoms with Gasteiger partial charge in [0.25, 0.3) is 5.89 Å². The number of methoxy groups -OCH3 is 1. The van der Waals surface area contributed by atoms with Crippen LogP contribution in [-0.2, 0) is 24.1 Å². The highest BCUT2D eigenvalue weighted by Gasteiger charge is 2.26. The van der Waals surface area contributed by atoms with Gasteiger partial charge in [-0.2, -0.15) is 0 Å². The SMILES string of the molecule is COc1cccc(CN2CCc3nc(C(=O)N4CCOCC4)oc3CC2)c1. The van der Waals surface area contributed by atoms with Crippen LogP contribution in [0.1, 0.15) is 27.7 Å². The first-order valence-electron chi connectivity index (χ1n) is 9.44. The molecule has 2 aliphatic rings. The molecule has 1 saturated heterocycles. The van der Waals surface area contributed by atoms with Crippen LogP contribution in [0.3, 0.4) is 0 Å². The Bertz CT molecular complexity index is 773. The third-order valence-electron chi connectivity index (χ3n) is 5.12. The van der Waals surface area contributed by atoms with Crippen molar-refractivity contribution < 1.29 is 18.7 Å². The summed E-state index contributed by atoms with van der Waals surface area (Å²) in [7, 11) is 1.69. The van der Waals surface area contributed by atoms with Crippen molar-refractivity contribution in [2.75, 3.05) is 46.5 Å². The van der Waals surface area contributed by atoms with Crippen molar-refractivity contribution in [3.05, 3.63) is 47.2 Å². The van der Waals surface area contributed by atoms with Crippen LogP contribution in [0, 0.1) is 0 Å². The molecule has 0 aliphatic carbocycles. The molecule has 0 spiro atoms. The van der Waals surface area contributed by atoms with E-state index in [4.69, 9.17) is 13.9 Å². The second-order valence-electron chi connectivity index (χ2n) is 6.92. The minimum absolute atomic E-state index is 0.125. The number of nitrogens with zero attached hydrogens (tertiary/aromatic N) is 3. The van der Waals surface area contributed by atoms with E-state index >= 15 is 0 Å². The van der Waals surface area contributed by atoms with Crippen molar-refractivity contribution in [3.63, 3.8) is 0 Å². The number of aromatic nitrogens is 1. The molecule has 1 fully saturated rings. The molecule has 27 heavy (non-hydrogen) atoms. The summed E-state index contributed by atoms with van der Waals surface area (Å²) < 4.78 is 16.5. The van der Waals surface area contributed by atoms with Crippen LogP contribution in [0.4, 0.5) is 0 Å². The molecular formula is C20H25N3O4. The predicted molar refractivity (Wildman–Crippen MR) is 98.9 cm³/mol. The van der Waals surface area contributed by atoms with E-state index in [1.807, 2.05) is 12.1 Å². The number of hydrogen-bond acceptors (Lipinski definition) is 6. The summed E-state index contributed by atoms with van der Waals surface area (Å²) in [4.78, 5) is 21.2. The van der Waals surface area contributed by atoms with Crippen molar-refractivity contribution in [2.24, 2.45) is 0 Å². The number of oxazole rings is 1. The van der Waals surface area contributed by atoms with Crippen LogP contribution in [0.25, 0.3) is 0 Å². The van der Waals surface area contributed by atoms with Crippen molar-refractivity contribution in [2.45, 2.75) is 19.4 Å². The number of benzene rings is 1. The molecular weight excluding hydrogens is 346 g/mol. The Kier molecular flexibility index (Phi) is 5.40. The minimum atomic E-state index is -0.125. The van der Waals surface area contributed by atoms with Crippen LogP contribution in [0.2, 0.25) is 0 Å². The van der Waals surface area contributed by atoms with Gasteiger partial charge in [-0.3, -0.25) is 9.69 Å². The van der Waals surface area contributed by atoms with Crippen LogP contribution in [0.15, 0.2) is 28.7 Å². The summed E-state index contributed by atoms with van der Waals surface area (Å²) in [5, 5.41) is 0. The Morgan fingerprint density at radius 3 is 2.81 bits per heavy atom. The normalized spacial score (nSPS) is 18.0. The fourth-order valence-electron chi connectivity index (χ4n) is 3.59. The van der Waals surface area contributed by atoms with Crippen molar-refractivity contribution in [3.8, 4) is 5.75 Å². The highest BCUT2D eigenvalue weighted by atomic mass is 16.5. The van der Waals surface area contributed by atoms with Crippen molar-refractivity contribution in [1.29, 1.82) is 0 Å². The summed E-state index contributed by atoms with van der Waals surface area (Å²) in [6.07, 6.45) is 1.56. The lowest BCUT2D eigenvalue weighted by Gasteiger charge is -2.25. The first-order valence-corrected chi connectivity index (χ1v) is 9.44. The molecule has 2 aliphatic heterocycles. The number of rotatable bonds is 4. The zero-order chi connectivity index (χ0) is 18.6. The second-order valence-corrected chi connectivity index (χ2v) is 6.92. The van der Waals surface area contributed by atoms with Gasteiger partial charge in [0.1, 0.15) is 11.5 Å². The average molecular weight is 371 g/mol. The minimum Gasteiger partial charge on any atom is -0.497 e. The number of carbonyl (C=O) groups is 1. The quantitative estimate of drug-likeness (QED) is 0.816. The monoisotopic (exact) mass is 371 g/mol. The molecule has 0 unspecified atom stereocenters. The third-order valence-corrected chi connectivity index (χ3v) is 5.12. The molecule has 0 saturated carbocycles. The molecule has 144 valence electrons. The maximum atomic E-state index is 12.6. The number of hydrogen-bond donors (Lipinski definition) is 0. The number of carbonyl (C=O) groups excluding carboxylic acids is 1. The highest BCUT2D eigenvalue weighted by Crippen LogP contribution is 2.21. The fourth-order valence-corrected chi connectivity index (χ4v) is 3.59. The van der Waals surface area contributed by atoms with Gasteiger partial charge >= 0.3 is 5.91 Å². The molecule has 3 heterocycles. The zero-order valence-corrected chi connectivity index (χ0v) is 15.6. The summed E-state index contributed by atoms with van der Waals surface area (Å²) in [5.74, 6) is 1.82. The van der Waals surface area contributed by atoms with Crippen molar-refractivity contribution >= 4 is 5.91 Å². The van der Waals surface area contributed by atoms with Gasteiger partial charge in [0.2, 0.25) is 0 Å². The predicted octanol–water partition coefficient (Wildman–Crippen LogP) is 1.76. The maximum absolute atomic E-state index is 12.6. The first kappa shape index (κ1) is 18.0. The maximum Gasteiger partial charge on any atom is 0.309 e. The van der Waals surface area contributed by atoms with E-state index in [2.05, 4.69) is 22.0 Å². The number of ether oxygens (including phenoxy) is 2. The molecule has 4 rings (SSSR count). The van der Waals surface area contributed by atoms with E-state index < -0.39 is 0 Å². The molecule has 0 N–H and O–H groups in total. The molecule has 7 nitrogen and oxygen atoms in total. The summed E-state index contributed by atoms with van der Waals surface area (Å²) in [6, 6.07) is 8.15. The number of morpholine rings is 1. The van der Waals surface area contributed by atoms with Gasteiger partial charge in [-0.25, -0.2) is 4.98 Å². The first-order chi connectivity index (χ1) is 13.2. The number of amides is 1. The van der Waals surface area contributed by atoms with E-state index in [1.54, 1.807) is 12.0 Å².